The maximum absolute atomic E-state index is 12.4. The topological polar surface area (TPSA) is 40.5 Å². The average molecular weight is 295 g/mol. The minimum absolute atomic E-state index is 0.264. The second-order valence-corrected chi connectivity index (χ2v) is 5.10. The van der Waals surface area contributed by atoms with E-state index in [1.54, 1.807) is 13.3 Å². The summed E-state index contributed by atoms with van der Waals surface area (Å²) in [4.78, 5) is 12.4. The lowest BCUT2D eigenvalue weighted by atomic mass is 10.1. The van der Waals surface area contributed by atoms with Crippen LogP contribution in [0.15, 0.2) is 54.7 Å². The number of carbonyl (C=O) groups excluding carboxylic acids is 1. The number of hydrogen-bond donors (Lipinski definition) is 0. The summed E-state index contributed by atoms with van der Waals surface area (Å²) >= 11 is 0. The van der Waals surface area contributed by atoms with Gasteiger partial charge in [-0.1, -0.05) is 30.3 Å². The van der Waals surface area contributed by atoms with Crippen LogP contribution in [0.5, 0.6) is 5.75 Å². The van der Waals surface area contributed by atoms with E-state index in [4.69, 9.17) is 9.47 Å². The SMILES string of the molecule is COc1ccc2c(c1)c(C(=O)OCc1ccccc1)cn2C. The average Bonchev–Trinajstić information content (AvgIpc) is 2.90. The van der Waals surface area contributed by atoms with Crippen LogP contribution in [-0.2, 0) is 18.4 Å². The van der Waals surface area contributed by atoms with Gasteiger partial charge in [0.05, 0.1) is 12.7 Å². The highest BCUT2D eigenvalue weighted by Gasteiger charge is 2.16. The highest BCUT2D eigenvalue weighted by atomic mass is 16.5. The van der Waals surface area contributed by atoms with Crippen molar-refractivity contribution in [1.29, 1.82) is 0 Å². The fraction of sp³-hybridized carbons (Fsp3) is 0.167. The number of aromatic nitrogens is 1. The van der Waals surface area contributed by atoms with E-state index in [2.05, 4.69) is 0 Å². The first kappa shape index (κ1) is 14.2. The van der Waals surface area contributed by atoms with E-state index in [0.717, 1.165) is 22.2 Å². The second kappa shape index (κ2) is 5.93. The monoisotopic (exact) mass is 295 g/mol. The summed E-state index contributed by atoms with van der Waals surface area (Å²) in [6.45, 7) is 0.264. The van der Waals surface area contributed by atoms with Gasteiger partial charge in [0.1, 0.15) is 12.4 Å². The number of esters is 1. The van der Waals surface area contributed by atoms with E-state index >= 15 is 0 Å². The van der Waals surface area contributed by atoms with Gasteiger partial charge in [0.25, 0.3) is 0 Å². The molecule has 0 saturated carbocycles. The van der Waals surface area contributed by atoms with Crippen molar-refractivity contribution in [2.75, 3.05) is 7.11 Å². The highest BCUT2D eigenvalue weighted by Crippen LogP contribution is 2.26. The van der Waals surface area contributed by atoms with Gasteiger partial charge in [-0.05, 0) is 23.8 Å². The van der Waals surface area contributed by atoms with Crippen LogP contribution in [0.25, 0.3) is 10.9 Å². The Labute approximate surface area is 128 Å². The molecule has 4 heteroatoms. The standard InChI is InChI=1S/C18H17NO3/c1-19-11-16(15-10-14(21-2)8-9-17(15)19)18(20)22-12-13-6-4-3-5-7-13/h3-11H,12H2,1-2H3. The number of methoxy groups -OCH3 is 1. The first-order valence-corrected chi connectivity index (χ1v) is 7.03. The lowest BCUT2D eigenvalue weighted by Gasteiger charge is -2.04. The fourth-order valence-electron chi connectivity index (χ4n) is 2.46. The van der Waals surface area contributed by atoms with Gasteiger partial charge in [-0.2, -0.15) is 0 Å². The van der Waals surface area contributed by atoms with Crippen molar-refractivity contribution in [3.05, 3.63) is 65.9 Å². The van der Waals surface area contributed by atoms with Crippen molar-refractivity contribution >= 4 is 16.9 Å². The van der Waals surface area contributed by atoms with E-state index < -0.39 is 0 Å². The highest BCUT2D eigenvalue weighted by molar-refractivity contribution is 6.04. The van der Waals surface area contributed by atoms with E-state index in [9.17, 15) is 4.79 Å². The Kier molecular flexibility index (Phi) is 3.83. The maximum Gasteiger partial charge on any atom is 0.340 e. The van der Waals surface area contributed by atoms with E-state index in [-0.39, 0.29) is 12.6 Å². The Morgan fingerprint density at radius 1 is 1.14 bits per heavy atom. The van der Waals surface area contributed by atoms with Crippen LogP contribution in [0.1, 0.15) is 15.9 Å². The Morgan fingerprint density at radius 2 is 1.91 bits per heavy atom. The zero-order valence-corrected chi connectivity index (χ0v) is 12.6. The third kappa shape index (κ3) is 2.68. The van der Waals surface area contributed by atoms with Crippen molar-refractivity contribution in [3.8, 4) is 5.75 Å². The van der Waals surface area contributed by atoms with Crippen molar-refractivity contribution < 1.29 is 14.3 Å². The molecule has 0 aliphatic heterocycles. The summed E-state index contributed by atoms with van der Waals surface area (Å²) in [5, 5.41) is 0.833. The molecule has 1 aromatic heterocycles. The van der Waals surface area contributed by atoms with Crippen LogP contribution in [-0.4, -0.2) is 17.6 Å². The maximum atomic E-state index is 12.4. The molecule has 0 saturated heterocycles. The number of carbonyl (C=O) groups is 1. The van der Waals surface area contributed by atoms with Crippen molar-refractivity contribution in [1.82, 2.24) is 4.57 Å². The largest absolute Gasteiger partial charge is 0.497 e. The molecule has 0 atom stereocenters. The molecular weight excluding hydrogens is 278 g/mol. The summed E-state index contributed by atoms with van der Waals surface area (Å²) in [5.74, 6) is 0.388. The Hall–Kier alpha value is -2.75. The molecule has 0 bridgehead atoms. The minimum Gasteiger partial charge on any atom is -0.497 e. The summed E-state index contributed by atoms with van der Waals surface area (Å²) in [6, 6.07) is 15.3. The molecule has 0 aliphatic rings. The Balaban J connectivity index is 1.87. The number of fused-ring (bicyclic) bond motifs is 1. The summed E-state index contributed by atoms with van der Waals surface area (Å²) in [6.07, 6.45) is 1.79. The Bertz CT molecular complexity index is 806. The van der Waals surface area contributed by atoms with Gasteiger partial charge in [-0.15, -0.1) is 0 Å². The van der Waals surface area contributed by atoms with Gasteiger partial charge < -0.3 is 14.0 Å². The molecular formula is C18H17NO3. The normalized spacial score (nSPS) is 10.6. The smallest absolute Gasteiger partial charge is 0.340 e. The molecule has 112 valence electrons. The summed E-state index contributed by atoms with van der Waals surface area (Å²) in [7, 11) is 3.51. The third-order valence-electron chi connectivity index (χ3n) is 3.63. The van der Waals surface area contributed by atoms with Crippen LogP contribution in [0.4, 0.5) is 0 Å². The number of benzene rings is 2. The first-order valence-electron chi connectivity index (χ1n) is 7.03. The fourth-order valence-corrected chi connectivity index (χ4v) is 2.46. The number of hydrogen-bond acceptors (Lipinski definition) is 3. The molecule has 0 fully saturated rings. The Morgan fingerprint density at radius 3 is 2.64 bits per heavy atom. The van der Waals surface area contributed by atoms with Gasteiger partial charge in [-0.25, -0.2) is 4.79 Å². The molecule has 1 heterocycles. The molecule has 2 aromatic carbocycles. The number of ether oxygens (including phenoxy) is 2. The van der Waals surface area contributed by atoms with Crippen molar-refractivity contribution in [3.63, 3.8) is 0 Å². The minimum atomic E-state index is -0.331. The quantitative estimate of drug-likeness (QED) is 0.691. The van der Waals surface area contributed by atoms with Gasteiger partial charge in [0, 0.05) is 24.1 Å². The predicted molar refractivity (Wildman–Crippen MR) is 85.0 cm³/mol. The number of rotatable bonds is 4. The van der Waals surface area contributed by atoms with Crippen molar-refractivity contribution in [2.24, 2.45) is 7.05 Å². The van der Waals surface area contributed by atoms with Crippen LogP contribution >= 0.6 is 0 Å². The summed E-state index contributed by atoms with van der Waals surface area (Å²) in [5.41, 5.74) is 2.48. The molecule has 0 radical (unpaired) electrons. The van der Waals surface area contributed by atoms with Gasteiger partial charge in [0.2, 0.25) is 0 Å². The predicted octanol–water partition coefficient (Wildman–Crippen LogP) is 3.54. The molecule has 0 spiro atoms. The third-order valence-corrected chi connectivity index (χ3v) is 3.63. The molecule has 0 unspecified atom stereocenters. The molecule has 0 aliphatic carbocycles. The van der Waals surface area contributed by atoms with Gasteiger partial charge in [-0.3, -0.25) is 0 Å². The molecule has 0 N–H and O–H groups in total. The number of nitrogens with zero attached hydrogens (tertiary/aromatic N) is 1. The molecule has 4 nitrogen and oxygen atoms in total. The zero-order valence-electron chi connectivity index (χ0n) is 12.6. The zero-order chi connectivity index (χ0) is 15.5. The van der Waals surface area contributed by atoms with E-state index in [1.165, 1.54) is 0 Å². The molecule has 22 heavy (non-hydrogen) atoms. The van der Waals surface area contributed by atoms with Gasteiger partial charge >= 0.3 is 5.97 Å². The van der Waals surface area contributed by atoms with Gasteiger partial charge in [0.15, 0.2) is 0 Å². The first-order chi connectivity index (χ1) is 10.7. The van der Waals surface area contributed by atoms with Crippen LogP contribution < -0.4 is 4.74 Å². The van der Waals surface area contributed by atoms with Crippen LogP contribution in [0, 0.1) is 0 Å². The lowest BCUT2D eigenvalue weighted by Crippen LogP contribution is -2.04. The number of aryl methyl sites for hydroxylation is 1. The van der Waals surface area contributed by atoms with Crippen LogP contribution in [0.3, 0.4) is 0 Å². The van der Waals surface area contributed by atoms with Crippen molar-refractivity contribution in [2.45, 2.75) is 6.61 Å². The molecule has 3 rings (SSSR count). The van der Waals surface area contributed by atoms with E-state index in [1.807, 2.05) is 60.1 Å². The summed E-state index contributed by atoms with van der Waals surface area (Å²) < 4.78 is 12.6. The van der Waals surface area contributed by atoms with E-state index in [0.29, 0.717) is 5.56 Å². The second-order valence-electron chi connectivity index (χ2n) is 5.10. The lowest BCUT2D eigenvalue weighted by molar-refractivity contribution is 0.0475. The van der Waals surface area contributed by atoms with Crippen LogP contribution in [0.2, 0.25) is 0 Å². The molecule has 3 aromatic rings. The molecule has 0 amide bonds.